The summed E-state index contributed by atoms with van der Waals surface area (Å²) in [6.45, 7) is 3.06. The molecule has 0 amide bonds. The lowest BCUT2D eigenvalue weighted by molar-refractivity contribution is 0.130. The Morgan fingerprint density at radius 1 is 1.69 bits per heavy atom. The molecule has 74 valence electrons. The van der Waals surface area contributed by atoms with Crippen LogP contribution in [0.5, 0.6) is 0 Å². The monoisotopic (exact) mass is 298 g/mol. The first-order valence-electron chi connectivity index (χ1n) is 4.13. The average Bonchev–Trinajstić information content (AvgIpc) is 2.44. The van der Waals surface area contributed by atoms with Gasteiger partial charge in [0, 0.05) is 12.8 Å². The Morgan fingerprint density at radius 2 is 2.46 bits per heavy atom. The Balaban J connectivity index is 2.60. The van der Waals surface area contributed by atoms with Gasteiger partial charge in [0.05, 0.1) is 16.7 Å². The van der Waals surface area contributed by atoms with Crippen LogP contribution in [0.2, 0.25) is 0 Å². The van der Waals surface area contributed by atoms with Crippen molar-refractivity contribution in [1.82, 2.24) is 9.78 Å². The number of alkyl halides is 1. The van der Waals surface area contributed by atoms with E-state index in [9.17, 15) is 4.39 Å². The van der Waals surface area contributed by atoms with Gasteiger partial charge in [0.25, 0.3) is 0 Å². The van der Waals surface area contributed by atoms with Crippen LogP contribution < -0.4 is 0 Å². The van der Waals surface area contributed by atoms with E-state index < -0.39 is 0 Å². The van der Waals surface area contributed by atoms with E-state index in [1.807, 2.05) is 13.1 Å². The number of rotatable bonds is 5. The van der Waals surface area contributed by atoms with E-state index in [2.05, 4.69) is 27.7 Å². The van der Waals surface area contributed by atoms with Gasteiger partial charge in [-0.25, -0.2) is 4.39 Å². The highest BCUT2D eigenvalue weighted by Gasteiger charge is 2.05. The van der Waals surface area contributed by atoms with Crippen molar-refractivity contribution in [3.63, 3.8) is 0 Å². The molecule has 0 bridgehead atoms. The maximum Gasteiger partial charge on any atom is 0.109 e. The summed E-state index contributed by atoms with van der Waals surface area (Å²) >= 11 is 2.17. The van der Waals surface area contributed by atoms with Crippen LogP contribution >= 0.6 is 22.6 Å². The first-order chi connectivity index (χ1) is 6.27. The van der Waals surface area contributed by atoms with Gasteiger partial charge in [0.1, 0.15) is 12.4 Å². The van der Waals surface area contributed by atoms with Crippen molar-refractivity contribution in [2.75, 3.05) is 13.3 Å². The molecule has 1 heterocycles. The van der Waals surface area contributed by atoms with Crippen LogP contribution in [0.4, 0.5) is 4.39 Å². The lowest BCUT2D eigenvalue weighted by Gasteiger charge is -1.97. The van der Waals surface area contributed by atoms with E-state index in [1.165, 1.54) is 0 Å². The van der Waals surface area contributed by atoms with Gasteiger partial charge in [-0.1, -0.05) is 0 Å². The molecule has 0 aliphatic heterocycles. The second-order valence-electron chi connectivity index (χ2n) is 2.51. The summed E-state index contributed by atoms with van der Waals surface area (Å²) < 4.78 is 19.8. The number of hydrogen-bond acceptors (Lipinski definition) is 2. The van der Waals surface area contributed by atoms with E-state index >= 15 is 0 Å². The van der Waals surface area contributed by atoms with E-state index in [4.69, 9.17) is 4.74 Å². The van der Waals surface area contributed by atoms with Gasteiger partial charge in [-0.05, 0) is 29.5 Å². The molecule has 1 aromatic heterocycles. The Labute approximate surface area is 90.4 Å². The van der Waals surface area contributed by atoms with Crippen LogP contribution in [0, 0.1) is 3.57 Å². The topological polar surface area (TPSA) is 27.1 Å². The van der Waals surface area contributed by atoms with Crippen LogP contribution in [-0.2, 0) is 17.9 Å². The summed E-state index contributed by atoms with van der Waals surface area (Å²) in [7, 11) is 0. The van der Waals surface area contributed by atoms with Gasteiger partial charge >= 0.3 is 0 Å². The fraction of sp³-hybridized carbons (Fsp3) is 0.625. The van der Waals surface area contributed by atoms with Gasteiger partial charge in [-0.15, -0.1) is 0 Å². The molecule has 0 unspecified atom stereocenters. The molecule has 0 aromatic carbocycles. The van der Waals surface area contributed by atoms with Gasteiger partial charge in [0.2, 0.25) is 0 Å². The first-order valence-corrected chi connectivity index (χ1v) is 5.21. The molecule has 0 saturated carbocycles. The van der Waals surface area contributed by atoms with Gasteiger partial charge in [-0.2, -0.15) is 5.10 Å². The van der Waals surface area contributed by atoms with Crippen molar-refractivity contribution < 1.29 is 9.13 Å². The summed E-state index contributed by atoms with van der Waals surface area (Å²) in [5, 5.41) is 4.18. The minimum atomic E-state index is -0.383. The number of ether oxygens (including phenoxy) is 1. The lowest BCUT2D eigenvalue weighted by Crippen LogP contribution is -2.01. The fourth-order valence-electron chi connectivity index (χ4n) is 0.935. The van der Waals surface area contributed by atoms with E-state index in [0.717, 1.165) is 9.26 Å². The van der Waals surface area contributed by atoms with Gasteiger partial charge in [0.15, 0.2) is 0 Å². The highest BCUT2D eigenvalue weighted by molar-refractivity contribution is 14.1. The number of hydrogen-bond donors (Lipinski definition) is 0. The van der Waals surface area contributed by atoms with Crippen molar-refractivity contribution in [2.24, 2.45) is 0 Å². The molecular weight excluding hydrogens is 286 g/mol. The molecule has 0 N–H and O–H groups in total. The summed E-state index contributed by atoms with van der Waals surface area (Å²) in [5.74, 6) is 0. The normalized spacial score (nSPS) is 10.7. The van der Waals surface area contributed by atoms with Gasteiger partial charge in [-0.3, -0.25) is 4.68 Å². The second-order valence-corrected chi connectivity index (χ2v) is 3.68. The lowest BCUT2D eigenvalue weighted by atomic mass is 10.5. The molecular formula is C8H12FIN2O. The smallest absolute Gasteiger partial charge is 0.109 e. The molecule has 1 rings (SSSR count). The molecule has 0 fully saturated rings. The molecule has 0 atom stereocenters. The number of aryl methyl sites for hydroxylation is 1. The highest BCUT2D eigenvalue weighted by Crippen LogP contribution is 2.11. The Kier molecular flexibility index (Phi) is 4.65. The van der Waals surface area contributed by atoms with Crippen LogP contribution in [0.15, 0.2) is 6.20 Å². The summed E-state index contributed by atoms with van der Waals surface area (Å²) in [5.41, 5.74) is 0.885. The summed E-state index contributed by atoms with van der Waals surface area (Å²) in [6.07, 6.45) is 1.83. The van der Waals surface area contributed by atoms with Crippen LogP contribution in [0.3, 0.4) is 0 Å². The zero-order valence-corrected chi connectivity index (χ0v) is 9.62. The van der Waals surface area contributed by atoms with Crippen molar-refractivity contribution in [2.45, 2.75) is 20.1 Å². The number of aromatic nitrogens is 2. The third kappa shape index (κ3) is 3.22. The Bertz CT molecular complexity index is 265. The molecule has 3 nitrogen and oxygen atoms in total. The first kappa shape index (κ1) is 10.9. The zero-order chi connectivity index (χ0) is 9.68. The van der Waals surface area contributed by atoms with E-state index in [-0.39, 0.29) is 6.67 Å². The maximum atomic E-state index is 12.0. The largest absolute Gasteiger partial charge is 0.375 e. The third-order valence-corrected chi connectivity index (χ3v) is 2.44. The maximum absolute atomic E-state index is 12.0. The minimum Gasteiger partial charge on any atom is -0.375 e. The predicted molar refractivity (Wildman–Crippen MR) is 56.2 cm³/mol. The molecule has 0 aliphatic rings. The van der Waals surface area contributed by atoms with Crippen LogP contribution in [-0.4, -0.2) is 23.1 Å². The van der Waals surface area contributed by atoms with Crippen LogP contribution in [0.25, 0.3) is 0 Å². The van der Waals surface area contributed by atoms with E-state index in [1.54, 1.807) is 4.68 Å². The summed E-state index contributed by atoms with van der Waals surface area (Å²) in [4.78, 5) is 0. The molecule has 1 aromatic rings. The molecule has 0 saturated heterocycles. The SMILES string of the molecule is CCOCc1nn(CCF)cc1I. The molecule has 0 aliphatic carbocycles. The number of halogens is 2. The average molecular weight is 298 g/mol. The van der Waals surface area contributed by atoms with E-state index in [0.29, 0.717) is 19.8 Å². The third-order valence-electron chi connectivity index (χ3n) is 1.54. The van der Waals surface area contributed by atoms with Crippen molar-refractivity contribution in [3.05, 3.63) is 15.5 Å². The quantitative estimate of drug-likeness (QED) is 0.777. The molecule has 0 spiro atoms. The van der Waals surface area contributed by atoms with Gasteiger partial charge < -0.3 is 4.74 Å². The summed E-state index contributed by atoms with van der Waals surface area (Å²) in [6, 6.07) is 0. The predicted octanol–water partition coefficient (Wildman–Crippen LogP) is 1.99. The molecule has 13 heavy (non-hydrogen) atoms. The number of nitrogens with zero attached hydrogens (tertiary/aromatic N) is 2. The molecule has 0 radical (unpaired) electrons. The Hall–Kier alpha value is -0.170. The van der Waals surface area contributed by atoms with Crippen molar-refractivity contribution in [3.8, 4) is 0 Å². The Morgan fingerprint density at radius 3 is 3.08 bits per heavy atom. The minimum absolute atomic E-state index is 0.322. The van der Waals surface area contributed by atoms with Crippen LogP contribution in [0.1, 0.15) is 12.6 Å². The second kappa shape index (κ2) is 5.54. The standard InChI is InChI=1S/C8H12FIN2O/c1-2-13-6-8-7(10)5-12(11-8)4-3-9/h5H,2-4,6H2,1H3. The fourth-order valence-corrected chi connectivity index (χ4v) is 1.52. The molecule has 5 heteroatoms. The van der Waals surface area contributed by atoms with Crippen molar-refractivity contribution >= 4 is 22.6 Å². The zero-order valence-electron chi connectivity index (χ0n) is 7.46. The van der Waals surface area contributed by atoms with Crippen molar-refractivity contribution in [1.29, 1.82) is 0 Å². The highest BCUT2D eigenvalue weighted by atomic mass is 127.